The molecule has 0 aromatic heterocycles. The molecule has 0 aromatic rings. The molecule has 0 aliphatic carbocycles. The van der Waals surface area contributed by atoms with Crippen LogP contribution in [0.2, 0.25) is 0 Å². The van der Waals surface area contributed by atoms with Gasteiger partial charge in [0.15, 0.2) is 0 Å². The van der Waals surface area contributed by atoms with Crippen molar-refractivity contribution in [2.75, 3.05) is 6.67 Å². The molecular weight excluding hydrogens is 108 g/mol. The lowest BCUT2D eigenvalue weighted by atomic mass is 10.9. The minimum Gasteiger partial charge on any atom is -0.390 e. The van der Waals surface area contributed by atoms with Crippen molar-refractivity contribution < 1.29 is 4.79 Å². The van der Waals surface area contributed by atoms with E-state index in [1.54, 1.807) is 0 Å². The Hall–Kier alpha value is -1.26. The van der Waals surface area contributed by atoms with Gasteiger partial charge in [-0.15, -0.1) is 0 Å². The third-order valence-corrected chi connectivity index (χ3v) is 0.450. The zero-order valence-corrected chi connectivity index (χ0v) is 4.29. The molecule has 0 aromatic carbocycles. The Morgan fingerprint density at radius 3 is 2.88 bits per heavy atom. The number of nitrogens with zero attached hydrogens (tertiary/aromatic N) is 1. The van der Waals surface area contributed by atoms with Gasteiger partial charge >= 0.3 is 6.03 Å². The maximum atomic E-state index is 9.87. The van der Waals surface area contributed by atoms with Crippen LogP contribution in [0.5, 0.6) is 0 Å². The SMILES string of the molecule is N/C=N/CNC(N)=O. The van der Waals surface area contributed by atoms with E-state index in [0.717, 1.165) is 6.34 Å². The fourth-order valence-corrected chi connectivity index (χ4v) is 0.176. The number of hydrogen-bond acceptors (Lipinski definition) is 2. The molecule has 0 aliphatic heterocycles. The molecule has 0 aliphatic rings. The van der Waals surface area contributed by atoms with Crippen molar-refractivity contribution in [3.05, 3.63) is 0 Å². The highest BCUT2D eigenvalue weighted by Crippen LogP contribution is 1.56. The van der Waals surface area contributed by atoms with Crippen LogP contribution in [0.1, 0.15) is 0 Å². The average molecular weight is 116 g/mol. The average Bonchev–Trinajstić information content (AvgIpc) is 1.66. The molecule has 0 rings (SSSR count). The van der Waals surface area contributed by atoms with Gasteiger partial charge in [-0.3, -0.25) is 4.99 Å². The number of primary amides is 1. The minimum atomic E-state index is -0.601. The van der Waals surface area contributed by atoms with E-state index in [0.29, 0.717) is 0 Å². The van der Waals surface area contributed by atoms with Gasteiger partial charge in [0, 0.05) is 0 Å². The minimum absolute atomic E-state index is 0.145. The number of carbonyl (C=O) groups is 1. The largest absolute Gasteiger partial charge is 0.390 e. The number of rotatable bonds is 2. The number of nitrogens with two attached hydrogens (primary N) is 2. The molecule has 2 amide bonds. The van der Waals surface area contributed by atoms with Gasteiger partial charge in [0.05, 0.1) is 6.34 Å². The van der Waals surface area contributed by atoms with Gasteiger partial charge in [-0.05, 0) is 0 Å². The van der Waals surface area contributed by atoms with Crippen molar-refractivity contribution >= 4 is 12.4 Å². The summed E-state index contributed by atoms with van der Waals surface area (Å²) in [5.74, 6) is 0. The quantitative estimate of drug-likeness (QED) is 0.305. The molecule has 0 radical (unpaired) electrons. The summed E-state index contributed by atoms with van der Waals surface area (Å²) in [6.07, 6.45) is 1.09. The summed E-state index contributed by atoms with van der Waals surface area (Å²) in [6.45, 7) is 0.145. The molecule has 5 nitrogen and oxygen atoms in total. The molecule has 0 saturated carbocycles. The van der Waals surface area contributed by atoms with Crippen LogP contribution in [0.4, 0.5) is 4.79 Å². The topological polar surface area (TPSA) is 93.5 Å². The number of nitrogens with one attached hydrogen (secondary N) is 1. The summed E-state index contributed by atoms with van der Waals surface area (Å²) in [4.78, 5) is 13.3. The Kier molecular flexibility index (Phi) is 3.30. The maximum absolute atomic E-state index is 9.87. The van der Waals surface area contributed by atoms with Crippen molar-refractivity contribution in [2.24, 2.45) is 16.5 Å². The molecule has 0 heterocycles. The summed E-state index contributed by atoms with van der Waals surface area (Å²) >= 11 is 0. The molecule has 0 fully saturated rings. The molecule has 0 bridgehead atoms. The lowest BCUT2D eigenvalue weighted by Gasteiger charge is -1.91. The highest BCUT2D eigenvalue weighted by molar-refractivity contribution is 5.71. The second-order valence-corrected chi connectivity index (χ2v) is 1.03. The van der Waals surface area contributed by atoms with Crippen LogP contribution in [-0.4, -0.2) is 19.0 Å². The Morgan fingerprint density at radius 2 is 2.50 bits per heavy atom. The summed E-state index contributed by atoms with van der Waals surface area (Å²) in [5, 5.41) is 2.21. The normalized spacial score (nSPS) is 9.50. The van der Waals surface area contributed by atoms with Crippen LogP contribution in [0, 0.1) is 0 Å². The standard InChI is InChI=1S/C3H8N4O/c4-1-6-2-7-3(5)8/h1H,2H2,(H2,4,6)(H3,5,7,8). The highest BCUT2D eigenvalue weighted by atomic mass is 16.2. The van der Waals surface area contributed by atoms with Crippen LogP contribution in [0.15, 0.2) is 4.99 Å². The molecule has 46 valence electrons. The molecular formula is C3H8N4O. The van der Waals surface area contributed by atoms with Gasteiger partial charge < -0.3 is 16.8 Å². The van der Waals surface area contributed by atoms with Crippen LogP contribution in [-0.2, 0) is 0 Å². The number of amides is 2. The lowest BCUT2D eigenvalue weighted by Crippen LogP contribution is -2.29. The third-order valence-electron chi connectivity index (χ3n) is 0.450. The smallest absolute Gasteiger partial charge is 0.313 e. The summed E-state index contributed by atoms with van der Waals surface area (Å²) in [7, 11) is 0. The van der Waals surface area contributed by atoms with Crippen LogP contribution in [0.3, 0.4) is 0 Å². The van der Waals surface area contributed by atoms with Gasteiger partial charge in [0.25, 0.3) is 0 Å². The molecule has 8 heavy (non-hydrogen) atoms. The van der Waals surface area contributed by atoms with Crippen molar-refractivity contribution in [3.63, 3.8) is 0 Å². The van der Waals surface area contributed by atoms with Crippen molar-refractivity contribution in [2.45, 2.75) is 0 Å². The summed E-state index contributed by atoms with van der Waals surface area (Å²) < 4.78 is 0. The van der Waals surface area contributed by atoms with Crippen molar-refractivity contribution in [1.82, 2.24) is 5.32 Å². The summed E-state index contributed by atoms with van der Waals surface area (Å²) in [5.41, 5.74) is 9.50. The first kappa shape index (κ1) is 6.74. The van der Waals surface area contributed by atoms with Gasteiger partial charge in [-0.2, -0.15) is 0 Å². The van der Waals surface area contributed by atoms with E-state index < -0.39 is 6.03 Å². The Balaban J connectivity index is 3.05. The second-order valence-electron chi connectivity index (χ2n) is 1.03. The number of urea groups is 1. The second kappa shape index (κ2) is 3.91. The van der Waals surface area contributed by atoms with E-state index in [4.69, 9.17) is 5.73 Å². The maximum Gasteiger partial charge on any atom is 0.313 e. The van der Waals surface area contributed by atoms with Gasteiger partial charge in [-0.1, -0.05) is 0 Å². The Labute approximate surface area is 46.8 Å². The Bertz CT molecular complexity index is 99.5. The molecule has 0 saturated heterocycles. The zero-order chi connectivity index (χ0) is 6.41. The summed E-state index contributed by atoms with van der Waals surface area (Å²) in [6, 6.07) is -0.601. The van der Waals surface area contributed by atoms with Crippen LogP contribution < -0.4 is 16.8 Å². The van der Waals surface area contributed by atoms with E-state index in [-0.39, 0.29) is 6.67 Å². The highest BCUT2D eigenvalue weighted by Gasteiger charge is 1.82. The number of carbonyl (C=O) groups excluding carboxylic acids is 1. The first-order valence-corrected chi connectivity index (χ1v) is 2.00. The Morgan fingerprint density at radius 1 is 1.88 bits per heavy atom. The zero-order valence-electron chi connectivity index (χ0n) is 4.29. The van der Waals surface area contributed by atoms with Crippen LogP contribution in [0.25, 0.3) is 0 Å². The molecule has 0 spiro atoms. The first-order chi connectivity index (χ1) is 3.77. The van der Waals surface area contributed by atoms with Crippen molar-refractivity contribution in [3.8, 4) is 0 Å². The van der Waals surface area contributed by atoms with Crippen molar-refractivity contribution in [1.29, 1.82) is 0 Å². The van der Waals surface area contributed by atoms with E-state index in [9.17, 15) is 4.79 Å². The number of aliphatic imine (C=N–C) groups is 1. The van der Waals surface area contributed by atoms with Gasteiger partial charge in [0.1, 0.15) is 6.67 Å². The fourth-order valence-electron chi connectivity index (χ4n) is 0.176. The molecule has 5 heteroatoms. The van der Waals surface area contributed by atoms with Gasteiger partial charge in [0.2, 0.25) is 0 Å². The van der Waals surface area contributed by atoms with E-state index in [1.165, 1.54) is 0 Å². The van der Waals surface area contributed by atoms with E-state index in [1.807, 2.05) is 0 Å². The van der Waals surface area contributed by atoms with E-state index in [2.05, 4.69) is 16.0 Å². The third kappa shape index (κ3) is 4.74. The lowest BCUT2D eigenvalue weighted by molar-refractivity contribution is 0.249. The predicted octanol–water partition coefficient (Wildman–Crippen LogP) is -1.40. The van der Waals surface area contributed by atoms with Crippen LogP contribution >= 0.6 is 0 Å². The fraction of sp³-hybridized carbons (Fsp3) is 0.333. The predicted molar refractivity (Wildman–Crippen MR) is 30.3 cm³/mol. The molecule has 5 N–H and O–H groups in total. The first-order valence-electron chi connectivity index (χ1n) is 2.00. The monoisotopic (exact) mass is 116 g/mol. The van der Waals surface area contributed by atoms with Gasteiger partial charge in [-0.25, -0.2) is 4.79 Å². The molecule has 0 unspecified atom stereocenters. The van der Waals surface area contributed by atoms with E-state index >= 15 is 0 Å². The number of hydrogen-bond donors (Lipinski definition) is 3. The molecule has 0 atom stereocenters.